The van der Waals surface area contributed by atoms with Gasteiger partial charge in [-0.3, -0.25) is 9.97 Å². The van der Waals surface area contributed by atoms with Gasteiger partial charge in [-0.05, 0) is 143 Å². The van der Waals surface area contributed by atoms with Crippen molar-refractivity contribution in [2.24, 2.45) is 0 Å². The van der Waals surface area contributed by atoms with Gasteiger partial charge in [0.05, 0.1) is 17.1 Å². The van der Waals surface area contributed by atoms with E-state index in [0.29, 0.717) is 5.92 Å². The molecule has 56 heavy (non-hydrogen) atoms. The molecule has 3 heterocycles. The van der Waals surface area contributed by atoms with Crippen LogP contribution in [-0.4, -0.2) is 19.9 Å². The number of allylic oxidation sites excluding steroid dienone is 8. The second-order valence-electron chi connectivity index (χ2n) is 15.1. The predicted molar refractivity (Wildman–Crippen MR) is 230 cm³/mol. The van der Waals surface area contributed by atoms with Gasteiger partial charge in [-0.2, -0.15) is 0 Å². The summed E-state index contributed by atoms with van der Waals surface area (Å²) < 4.78 is 0. The van der Waals surface area contributed by atoms with E-state index in [-0.39, 0.29) is 0 Å². The van der Waals surface area contributed by atoms with E-state index in [2.05, 4.69) is 143 Å². The summed E-state index contributed by atoms with van der Waals surface area (Å²) in [6.45, 7) is 0. The summed E-state index contributed by atoms with van der Waals surface area (Å²) in [5.41, 5.74) is 16.4. The van der Waals surface area contributed by atoms with Gasteiger partial charge in [0.15, 0.2) is 5.82 Å². The molecule has 0 amide bonds. The molecule has 1 unspecified atom stereocenters. The molecule has 4 heteroatoms. The molecular weight excluding hydrogens is 681 g/mol. The first-order valence-corrected chi connectivity index (χ1v) is 20.0. The van der Waals surface area contributed by atoms with Crippen molar-refractivity contribution in [1.29, 1.82) is 0 Å². The first kappa shape index (κ1) is 34.0. The summed E-state index contributed by atoms with van der Waals surface area (Å²) in [7, 11) is 0. The highest BCUT2D eigenvalue weighted by Gasteiger charge is 2.23. The van der Waals surface area contributed by atoms with Gasteiger partial charge in [-0.25, -0.2) is 9.97 Å². The molecule has 3 aliphatic carbocycles. The zero-order valence-electron chi connectivity index (χ0n) is 31.4. The molecule has 0 radical (unpaired) electrons. The molecule has 4 nitrogen and oxygen atoms in total. The van der Waals surface area contributed by atoms with Crippen molar-refractivity contribution in [2.75, 3.05) is 0 Å². The Bertz CT molecular complexity index is 2700. The Labute approximate surface area is 328 Å². The molecule has 3 aromatic heterocycles. The number of hydrogen-bond donors (Lipinski definition) is 0. The molecule has 4 aromatic carbocycles. The van der Waals surface area contributed by atoms with Crippen LogP contribution in [0.25, 0.3) is 66.9 Å². The monoisotopic (exact) mass is 722 g/mol. The van der Waals surface area contributed by atoms with Crippen molar-refractivity contribution in [3.63, 3.8) is 0 Å². The zero-order valence-corrected chi connectivity index (χ0v) is 31.4. The van der Waals surface area contributed by atoms with Crippen molar-refractivity contribution in [1.82, 2.24) is 19.9 Å². The van der Waals surface area contributed by atoms with E-state index in [1.54, 1.807) is 0 Å². The fraction of sp³-hybridized carbons (Fsp3) is 0.154. The van der Waals surface area contributed by atoms with Crippen LogP contribution in [0, 0.1) is 0 Å². The van der Waals surface area contributed by atoms with Crippen molar-refractivity contribution in [2.45, 2.75) is 50.9 Å². The van der Waals surface area contributed by atoms with Crippen LogP contribution in [0.15, 0.2) is 175 Å². The average molecular weight is 723 g/mol. The fourth-order valence-electron chi connectivity index (χ4n) is 8.78. The Kier molecular flexibility index (Phi) is 9.08. The maximum atomic E-state index is 5.43. The molecule has 10 rings (SSSR count). The van der Waals surface area contributed by atoms with E-state index < -0.39 is 0 Å². The minimum absolute atomic E-state index is 0.414. The lowest BCUT2D eigenvalue weighted by molar-refractivity contribution is 0.608. The van der Waals surface area contributed by atoms with Crippen LogP contribution in [0.2, 0.25) is 0 Å². The van der Waals surface area contributed by atoms with E-state index in [0.717, 1.165) is 84.5 Å². The van der Waals surface area contributed by atoms with Crippen LogP contribution in [0.4, 0.5) is 0 Å². The lowest BCUT2D eigenvalue weighted by Gasteiger charge is -2.24. The van der Waals surface area contributed by atoms with Gasteiger partial charge in [-0.15, -0.1) is 0 Å². The van der Waals surface area contributed by atoms with Gasteiger partial charge in [-0.1, -0.05) is 103 Å². The van der Waals surface area contributed by atoms with Crippen LogP contribution in [0.3, 0.4) is 0 Å². The van der Waals surface area contributed by atoms with Gasteiger partial charge in [0.2, 0.25) is 0 Å². The SMILES string of the molecule is C1=CC2=C(CC1)C(c1cc(-c3nc(C4=CCC(c5ccccn5)CC4)cc(-c4ccc(-c5ccccn5)cc4)n3)cc(-c3cccc4ccccc34)c1)=CCC2. The topological polar surface area (TPSA) is 51.6 Å². The molecule has 0 spiro atoms. The lowest BCUT2D eigenvalue weighted by atomic mass is 9.81. The van der Waals surface area contributed by atoms with E-state index in [1.807, 2.05) is 30.6 Å². The number of fused-ring (bicyclic) bond motifs is 1. The van der Waals surface area contributed by atoms with Crippen molar-refractivity contribution < 1.29 is 0 Å². The first-order chi connectivity index (χ1) is 27.7. The second-order valence-corrected chi connectivity index (χ2v) is 15.1. The molecule has 0 saturated carbocycles. The normalized spacial score (nSPS) is 16.7. The Morgan fingerprint density at radius 1 is 0.536 bits per heavy atom. The Balaban J connectivity index is 1.13. The van der Waals surface area contributed by atoms with Gasteiger partial charge in [0.25, 0.3) is 0 Å². The summed E-state index contributed by atoms with van der Waals surface area (Å²) in [5, 5.41) is 2.48. The standard InChI is InChI=1S/C52H42N4/c1-3-15-44-35(11-1)13-9-17-46(44)41-31-42(47-18-10-14-36-12-2-4-16-45(36)47)33-43(32-41)52-55-50(39-25-21-37(22-26-39)48-19-5-7-29-53-48)34-51(56-52)40-27-23-38(24-28-40)49-20-6-8-30-54-49/h1-3,5-9,11-13,15,17-22,25-27,29-34,38H,4,10,14,16,23-24,28H2. The van der Waals surface area contributed by atoms with E-state index in [1.165, 1.54) is 55.4 Å². The molecular formula is C52H42N4. The maximum absolute atomic E-state index is 5.43. The fourth-order valence-corrected chi connectivity index (χ4v) is 8.78. The molecule has 3 aliphatic rings. The minimum Gasteiger partial charge on any atom is -0.261 e. The van der Waals surface area contributed by atoms with Gasteiger partial charge in [0.1, 0.15) is 0 Å². The average Bonchev–Trinajstić information content (AvgIpc) is 3.29. The van der Waals surface area contributed by atoms with Crippen LogP contribution in [0.5, 0.6) is 0 Å². The molecule has 0 saturated heterocycles. The van der Waals surface area contributed by atoms with Gasteiger partial charge < -0.3 is 0 Å². The number of pyridine rings is 2. The van der Waals surface area contributed by atoms with Gasteiger partial charge in [0, 0.05) is 40.7 Å². The highest BCUT2D eigenvalue weighted by molar-refractivity contribution is 5.98. The van der Waals surface area contributed by atoms with Crippen LogP contribution >= 0.6 is 0 Å². The Hall–Kier alpha value is -6.52. The van der Waals surface area contributed by atoms with Crippen molar-refractivity contribution in [3.8, 4) is 45.0 Å². The molecule has 0 bridgehead atoms. The Morgan fingerprint density at radius 3 is 2.12 bits per heavy atom. The third-order valence-corrected chi connectivity index (χ3v) is 11.7. The summed E-state index contributed by atoms with van der Waals surface area (Å²) >= 11 is 0. The smallest absolute Gasteiger partial charge is 0.160 e. The number of nitrogens with zero attached hydrogens (tertiary/aromatic N) is 4. The van der Waals surface area contributed by atoms with Crippen molar-refractivity contribution >= 4 is 21.9 Å². The highest BCUT2D eigenvalue weighted by Crippen LogP contribution is 2.42. The quantitative estimate of drug-likeness (QED) is 0.164. The highest BCUT2D eigenvalue weighted by atomic mass is 14.9. The third-order valence-electron chi connectivity index (χ3n) is 11.7. The van der Waals surface area contributed by atoms with Crippen LogP contribution < -0.4 is 0 Å². The lowest BCUT2D eigenvalue weighted by Crippen LogP contribution is -2.07. The second kappa shape index (κ2) is 15.0. The summed E-state index contributed by atoms with van der Waals surface area (Å²) in [4.78, 5) is 20.1. The van der Waals surface area contributed by atoms with Crippen molar-refractivity contribution in [3.05, 3.63) is 192 Å². The summed E-state index contributed by atoms with van der Waals surface area (Å²) in [6.07, 6.45) is 20.5. The largest absolute Gasteiger partial charge is 0.261 e. The number of rotatable bonds is 7. The molecule has 7 aromatic rings. The van der Waals surface area contributed by atoms with E-state index in [9.17, 15) is 0 Å². The van der Waals surface area contributed by atoms with Crippen LogP contribution in [0.1, 0.15) is 67.8 Å². The molecule has 270 valence electrons. The molecule has 0 N–H and O–H groups in total. The minimum atomic E-state index is 0.414. The Morgan fingerprint density at radius 2 is 1.30 bits per heavy atom. The van der Waals surface area contributed by atoms with Gasteiger partial charge >= 0.3 is 0 Å². The number of aromatic nitrogens is 4. The summed E-state index contributed by atoms with van der Waals surface area (Å²) in [5.74, 6) is 1.16. The first-order valence-electron chi connectivity index (χ1n) is 20.0. The van der Waals surface area contributed by atoms with E-state index in [4.69, 9.17) is 9.97 Å². The van der Waals surface area contributed by atoms with E-state index >= 15 is 0 Å². The number of hydrogen-bond acceptors (Lipinski definition) is 4. The zero-order chi connectivity index (χ0) is 37.3. The number of benzene rings is 4. The molecule has 0 aliphatic heterocycles. The molecule has 0 fully saturated rings. The third kappa shape index (κ3) is 6.73. The summed E-state index contributed by atoms with van der Waals surface area (Å²) in [6, 6.07) is 45.5. The predicted octanol–water partition coefficient (Wildman–Crippen LogP) is 13.3. The van der Waals surface area contributed by atoms with Crippen LogP contribution in [-0.2, 0) is 0 Å². The molecule has 1 atom stereocenters. The maximum Gasteiger partial charge on any atom is 0.160 e.